The quantitative estimate of drug-likeness (QED) is 0.393. The number of aromatic nitrogens is 1. The number of aromatic hydroxyl groups is 2. The van der Waals surface area contributed by atoms with E-state index in [2.05, 4.69) is 0 Å². The van der Waals surface area contributed by atoms with Crippen molar-refractivity contribution >= 4 is 32.9 Å². The number of sulfone groups is 1. The van der Waals surface area contributed by atoms with Crippen LogP contribution in [0.5, 0.6) is 11.8 Å². The molecule has 164 valence electrons. The highest BCUT2D eigenvalue weighted by Gasteiger charge is 2.27. The summed E-state index contributed by atoms with van der Waals surface area (Å²) >= 11 is 1.29. The first-order valence-corrected chi connectivity index (χ1v) is 11.9. The summed E-state index contributed by atoms with van der Waals surface area (Å²) in [5, 5.41) is 30.5. The topological polar surface area (TPSA) is 134 Å². The number of nitrogens with zero attached hydrogens (tertiary/aromatic N) is 1. The van der Waals surface area contributed by atoms with Crippen LogP contribution in [0, 0.1) is 5.92 Å². The van der Waals surface area contributed by atoms with Gasteiger partial charge in [0.25, 0.3) is 0 Å². The Balaban J connectivity index is 1.66. The van der Waals surface area contributed by atoms with E-state index in [0.29, 0.717) is 10.4 Å². The maximum absolute atomic E-state index is 12.7. The van der Waals surface area contributed by atoms with Crippen LogP contribution < -0.4 is 0 Å². The lowest BCUT2D eigenvalue weighted by Gasteiger charge is -2.14. The molecule has 0 aliphatic carbocycles. The summed E-state index contributed by atoms with van der Waals surface area (Å²) in [5.41, 5.74) is 0.350. The lowest BCUT2D eigenvalue weighted by molar-refractivity contribution is -0.141. The third-order valence-corrected chi connectivity index (χ3v) is 7.56. The molecule has 1 atom stereocenters. The molecule has 1 aromatic carbocycles. The number of thiophene rings is 1. The molecule has 1 unspecified atom stereocenters. The van der Waals surface area contributed by atoms with E-state index in [1.165, 1.54) is 52.3 Å². The number of carbonyl (C=O) groups is 2. The molecule has 0 radical (unpaired) electrons. The molecule has 31 heavy (non-hydrogen) atoms. The molecule has 0 saturated heterocycles. The number of carboxylic acid groups (broad SMARTS) is 1. The van der Waals surface area contributed by atoms with Gasteiger partial charge in [0.05, 0.1) is 21.4 Å². The number of carboxylic acids is 1. The van der Waals surface area contributed by atoms with Gasteiger partial charge in [-0.3, -0.25) is 14.2 Å². The average Bonchev–Trinajstić information content (AvgIpc) is 3.38. The number of ketones is 1. The van der Waals surface area contributed by atoms with Crippen LogP contribution in [-0.4, -0.2) is 45.8 Å². The van der Waals surface area contributed by atoms with Crippen LogP contribution in [0.25, 0.3) is 0 Å². The van der Waals surface area contributed by atoms with Crippen molar-refractivity contribution in [2.75, 3.05) is 5.75 Å². The van der Waals surface area contributed by atoms with Crippen LogP contribution >= 0.6 is 11.3 Å². The van der Waals surface area contributed by atoms with Gasteiger partial charge in [0.15, 0.2) is 21.6 Å². The smallest absolute Gasteiger partial charge is 0.307 e. The summed E-state index contributed by atoms with van der Waals surface area (Å²) in [7, 11) is -3.90. The second-order valence-electron chi connectivity index (χ2n) is 6.99. The molecule has 2 aromatic heterocycles. The Kier molecular flexibility index (Phi) is 6.81. The summed E-state index contributed by atoms with van der Waals surface area (Å²) in [6.45, 7) is 0.147. The number of carbonyl (C=O) groups excluding carboxylic acids is 1. The van der Waals surface area contributed by atoms with Gasteiger partial charge in [0.2, 0.25) is 5.78 Å². The fraction of sp³-hybridized carbons (Fsp3) is 0.238. The Morgan fingerprint density at radius 1 is 1.00 bits per heavy atom. The molecule has 2 heterocycles. The number of hydrogen-bond donors (Lipinski definition) is 3. The third kappa shape index (κ3) is 5.33. The Morgan fingerprint density at radius 3 is 2.19 bits per heavy atom. The van der Waals surface area contributed by atoms with Crippen LogP contribution in [0.4, 0.5) is 0 Å². The molecule has 0 amide bonds. The van der Waals surface area contributed by atoms with Gasteiger partial charge in [-0.15, -0.1) is 11.3 Å². The Labute approximate surface area is 182 Å². The van der Waals surface area contributed by atoms with Crippen LogP contribution in [0.2, 0.25) is 0 Å². The summed E-state index contributed by atoms with van der Waals surface area (Å²) in [6.07, 6.45) is 0.289. The van der Waals surface area contributed by atoms with E-state index in [4.69, 9.17) is 0 Å². The summed E-state index contributed by atoms with van der Waals surface area (Å²) in [4.78, 5) is 24.4. The lowest BCUT2D eigenvalue weighted by Crippen LogP contribution is -2.24. The van der Waals surface area contributed by atoms with Crippen LogP contribution in [0.1, 0.15) is 28.1 Å². The zero-order valence-electron chi connectivity index (χ0n) is 16.3. The standard InChI is InChI=1S/C21H21NO7S2/c23-18-9-10-19(24)22(18)11-1-3-15(21(26)27)13-31(28,29)16-7-5-14(6-8-16)20(25)17-4-2-12-30-17/h2,4-10,12,15,23-24H,1,3,11,13H2,(H,26,27). The first-order valence-electron chi connectivity index (χ1n) is 9.40. The molecule has 0 aliphatic heterocycles. The minimum absolute atomic E-state index is 0.0422. The molecule has 0 bridgehead atoms. The van der Waals surface area contributed by atoms with Gasteiger partial charge < -0.3 is 15.3 Å². The number of rotatable bonds is 10. The third-order valence-electron chi connectivity index (χ3n) is 4.86. The molecule has 0 fully saturated rings. The second kappa shape index (κ2) is 9.36. The minimum Gasteiger partial charge on any atom is -0.494 e. The molecule has 8 nitrogen and oxygen atoms in total. The highest BCUT2D eigenvalue weighted by molar-refractivity contribution is 7.91. The number of aliphatic carboxylic acids is 1. The minimum atomic E-state index is -3.90. The van der Waals surface area contributed by atoms with E-state index < -0.39 is 27.5 Å². The Hall–Kier alpha value is -3.11. The van der Waals surface area contributed by atoms with E-state index in [-0.39, 0.29) is 41.8 Å². The first-order chi connectivity index (χ1) is 14.7. The molecule has 0 spiro atoms. The van der Waals surface area contributed by atoms with E-state index in [1.807, 2.05) is 0 Å². The van der Waals surface area contributed by atoms with Gasteiger partial charge in [0, 0.05) is 24.2 Å². The van der Waals surface area contributed by atoms with Crippen molar-refractivity contribution in [3.8, 4) is 11.8 Å². The fourth-order valence-corrected chi connectivity index (χ4v) is 5.44. The molecular weight excluding hydrogens is 442 g/mol. The zero-order chi connectivity index (χ0) is 22.6. The molecule has 0 saturated carbocycles. The summed E-state index contributed by atoms with van der Waals surface area (Å²) < 4.78 is 26.7. The van der Waals surface area contributed by atoms with Crippen molar-refractivity contribution in [3.63, 3.8) is 0 Å². The largest absolute Gasteiger partial charge is 0.494 e. The normalized spacial score (nSPS) is 12.5. The number of hydrogen-bond acceptors (Lipinski definition) is 7. The molecule has 3 aromatic rings. The van der Waals surface area contributed by atoms with Gasteiger partial charge in [-0.05, 0) is 48.6 Å². The van der Waals surface area contributed by atoms with Crippen molar-refractivity contribution in [1.82, 2.24) is 4.57 Å². The van der Waals surface area contributed by atoms with Crippen LogP contribution in [-0.2, 0) is 21.2 Å². The predicted octanol–water partition coefficient (Wildman–Crippen LogP) is 3.15. The first kappa shape index (κ1) is 22.6. The molecule has 0 aliphatic rings. The fourth-order valence-electron chi connectivity index (χ4n) is 3.17. The zero-order valence-corrected chi connectivity index (χ0v) is 18.0. The summed E-state index contributed by atoms with van der Waals surface area (Å²) in [5.74, 6) is -3.52. The van der Waals surface area contributed by atoms with Crippen molar-refractivity contribution in [1.29, 1.82) is 0 Å². The van der Waals surface area contributed by atoms with Crippen molar-refractivity contribution < 1.29 is 33.3 Å². The maximum Gasteiger partial charge on any atom is 0.307 e. The van der Waals surface area contributed by atoms with E-state index >= 15 is 0 Å². The average molecular weight is 464 g/mol. The van der Waals surface area contributed by atoms with Crippen molar-refractivity contribution in [2.45, 2.75) is 24.3 Å². The predicted molar refractivity (Wildman–Crippen MR) is 114 cm³/mol. The molecular formula is C21H21NO7S2. The Morgan fingerprint density at radius 2 is 1.65 bits per heavy atom. The van der Waals surface area contributed by atoms with Gasteiger partial charge in [-0.1, -0.05) is 6.07 Å². The van der Waals surface area contributed by atoms with Crippen LogP contribution in [0.3, 0.4) is 0 Å². The maximum atomic E-state index is 12.7. The highest BCUT2D eigenvalue weighted by atomic mass is 32.2. The Bertz CT molecular complexity index is 1140. The van der Waals surface area contributed by atoms with Gasteiger partial charge in [0.1, 0.15) is 0 Å². The van der Waals surface area contributed by atoms with Gasteiger partial charge in [-0.25, -0.2) is 8.42 Å². The number of benzene rings is 1. The molecule has 3 N–H and O–H groups in total. The van der Waals surface area contributed by atoms with Gasteiger partial charge in [-0.2, -0.15) is 0 Å². The monoisotopic (exact) mass is 463 g/mol. The molecule has 3 rings (SSSR count). The van der Waals surface area contributed by atoms with E-state index in [9.17, 15) is 33.3 Å². The molecule has 10 heteroatoms. The van der Waals surface area contributed by atoms with Crippen molar-refractivity contribution in [2.24, 2.45) is 5.92 Å². The van der Waals surface area contributed by atoms with Gasteiger partial charge >= 0.3 is 5.97 Å². The van der Waals surface area contributed by atoms with Crippen molar-refractivity contribution in [3.05, 3.63) is 64.4 Å². The lowest BCUT2D eigenvalue weighted by atomic mass is 10.1. The van der Waals surface area contributed by atoms with E-state index in [1.54, 1.807) is 17.5 Å². The second-order valence-corrected chi connectivity index (χ2v) is 9.97. The highest BCUT2D eigenvalue weighted by Crippen LogP contribution is 2.24. The SMILES string of the molecule is O=C(c1ccc(S(=O)(=O)CC(CCCn2c(O)ccc2O)C(=O)O)cc1)c1cccs1. The summed E-state index contributed by atoms with van der Waals surface area (Å²) in [6, 6.07) is 11.5. The van der Waals surface area contributed by atoms with E-state index in [0.717, 1.165) is 0 Å². The van der Waals surface area contributed by atoms with Crippen LogP contribution in [0.15, 0.2) is 58.8 Å².